The van der Waals surface area contributed by atoms with E-state index in [1.807, 2.05) is 24.3 Å². The number of benzene rings is 1. The third kappa shape index (κ3) is 3.60. The lowest BCUT2D eigenvalue weighted by Gasteiger charge is -2.36. The van der Waals surface area contributed by atoms with Gasteiger partial charge in [0, 0.05) is 34.9 Å². The van der Waals surface area contributed by atoms with E-state index in [0.717, 1.165) is 10.9 Å². The lowest BCUT2D eigenvalue weighted by Crippen LogP contribution is -2.46. The molecule has 26 heavy (non-hydrogen) atoms. The molecule has 2 N–H and O–H groups in total. The van der Waals surface area contributed by atoms with Gasteiger partial charge in [-0.1, -0.05) is 31.2 Å². The van der Waals surface area contributed by atoms with E-state index in [2.05, 4.69) is 9.97 Å². The zero-order valence-corrected chi connectivity index (χ0v) is 14.4. The van der Waals surface area contributed by atoms with Gasteiger partial charge >= 0.3 is 0 Å². The number of H-pyrrole nitrogens is 1. The zero-order valence-electron chi connectivity index (χ0n) is 14.4. The number of nitrogens with one attached hydrogen (secondary N) is 1. The lowest BCUT2D eigenvalue weighted by molar-refractivity contribution is -0.113. The summed E-state index contributed by atoms with van der Waals surface area (Å²) in [5.41, 5.74) is -2.05. The largest absolute Gasteiger partial charge is 0.383 e. The minimum Gasteiger partial charge on any atom is -0.383 e. The number of alkyl halides is 3. The number of hydrogen-bond donors (Lipinski definition) is 2. The van der Waals surface area contributed by atoms with Crippen molar-refractivity contribution in [2.45, 2.75) is 37.2 Å². The number of nitrogens with zero attached hydrogens (tertiary/aromatic N) is 1. The van der Waals surface area contributed by atoms with E-state index in [1.54, 1.807) is 24.3 Å². The molecular weight excluding hydrogens is 341 g/mol. The molecule has 2 unspecified atom stereocenters. The van der Waals surface area contributed by atoms with Crippen molar-refractivity contribution in [3.8, 4) is 0 Å². The molecular formula is C20H21F3N2O. The summed E-state index contributed by atoms with van der Waals surface area (Å²) in [6.45, 7) is 0.611. The van der Waals surface area contributed by atoms with Crippen molar-refractivity contribution in [2.24, 2.45) is 0 Å². The van der Waals surface area contributed by atoms with Gasteiger partial charge in [-0.05, 0) is 36.1 Å². The summed E-state index contributed by atoms with van der Waals surface area (Å²) in [6, 6.07) is 14.0. The van der Waals surface area contributed by atoms with Gasteiger partial charge in [0.1, 0.15) is 12.3 Å². The summed E-state index contributed by atoms with van der Waals surface area (Å²) in [4.78, 5) is 7.15. The fourth-order valence-electron chi connectivity index (χ4n) is 3.38. The Bertz CT molecular complexity index is 835. The van der Waals surface area contributed by atoms with E-state index in [-0.39, 0.29) is 6.42 Å². The van der Waals surface area contributed by atoms with Gasteiger partial charge in [0.15, 0.2) is 0 Å². The number of fused-ring (bicyclic) bond motifs is 1. The van der Waals surface area contributed by atoms with Crippen LogP contribution in [0.15, 0.2) is 54.7 Å². The van der Waals surface area contributed by atoms with Gasteiger partial charge in [0.2, 0.25) is 0 Å². The first kappa shape index (κ1) is 18.5. The number of pyridine rings is 1. The second kappa shape index (κ2) is 7.11. The molecule has 2 atom stereocenters. The monoisotopic (exact) mass is 362 g/mol. The van der Waals surface area contributed by atoms with Gasteiger partial charge in [-0.15, -0.1) is 0 Å². The Morgan fingerprint density at radius 1 is 1.15 bits per heavy atom. The first-order chi connectivity index (χ1) is 12.4. The van der Waals surface area contributed by atoms with E-state index >= 15 is 0 Å². The number of rotatable bonds is 7. The SMILES string of the molecule is CC(CF)(CC(O)(Cc1cc2ccccc2[nH]1)C(F)F)c1ccccn1. The summed E-state index contributed by atoms with van der Waals surface area (Å²) >= 11 is 0. The van der Waals surface area contributed by atoms with Crippen molar-refractivity contribution >= 4 is 10.9 Å². The van der Waals surface area contributed by atoms with Gasteiger partial charge in [-0.25, -0.2) is 8.78 Å². The van der Waals surface area contributed by atoms with Crippen molar-refractivity contribution in [1.82, 2.24) is 9.97 Å². The van der Waals surface area contributed by atoms with Crippen LogP contribution in [0.25, 0.3) is 10.9 Å². The van der Waals surface area contributed by atoms with Crippen LogP contribution in [0.5, 0.6) is 0 Å². The topological polar surface area (TPSA) is 48.9 Å². The van der Waals surface area contributed by atoms with Gasteiger partial charge in [-0.2, -0.15) is 0 Å². The Labute approximate surface area is 149 Å². The summed E-state index contributed by atoms with van der Waals surface area (Å²) in [5.74, 6) is 0. The van der Waals surface area contributed by atoms with Gasteiger partial charge in [0.25, 0.3) is 6.43 Å². The lowest BCUT2D eigenvalue weighted by atomic mass is 9.75. The van der Waals surface area contributed by atoms with Crippen molar-refractivity contribution in [3.05, 3.63) is 66.1 Å². The Morgan fingerprint density at radius 2 is 1.88 bits per heavy atom. The molecule has 0 fully saturated rings. The highest BCUT2D eigenvalue weighted by atomic mass is 19.3. The highest BCUT2D eigenvalue weighted by Crippen LogP contribution is 2.37. The molecule has 2 heterocycles. The molecule has 0 amide bonds. The maximum atomic E-state index is 13.8. The molecule has 138 valence electrons. The highest BCUT2D eigenvalue weighted by molar-refractivity contribution is 5.80. The molecule has 0 aliphatic rings. The molecule has 3 aromatic rings. The van der Waals surface area contributed by atoms with Crippen LogP contribution in [0.4, 0.5) is 13.2 Å². The van der Waals surface area contributed by atoms with Crippen LogP contribution in [0.3, 0.4) is 0 Å². The van der Waals surface area contributed by atoms with E-state index in [0.29, 0.717) is 11.4 Å². The van der Waals surface area contributed by atoms with Gasteiger partial charge in [0.05, 0.1) is 0 Å². The summed E-state index contributed by atoms with van der Waals surface area (Å²) < 4.78 is 41.4. The molecule has 1 aromatic carbocycles. The number of aliphatic hydroxyl groups is 1. The number of hydrogen-bond acceptors (Lipinski definition) is 2. The van der Waals surface area contributed by atoms with Crippen LogP contribution in [0.1, 0.15) is 24.7 Å². The minimum absolute atomic E-state index is 0.304. The predicted octanol–water partition coefficient (Wildman–Crippen LogP) is 4.42. The smallest absolute Gasteiger partial charge is 0.267 e. The zero-order chi connectivity index (χ0) is 18.8. The van der Waals surface area contributed by atoms with Crippen LogP contribution in [-0.2, 0) is 11.8 Å². The molecule has 0 radical (unpaired) electrons. The molecule has 0 saturated carbocycles. The molecule has 0 saturated heterocycles. The number of halogens is 3. The Kier molecular flexibility index (Phi) is 5.05. The fourth-order valence-corrected chi connectivity index (χ4v) is 3.38. The van der Waals surface area contributed by atoms with Crippen LogP contribution in [0.2, 0.25) is 0 Å². The summed E-state index contributed by atoms with van der Waals surface area (Å²) in [6.07, 6.45) is -2.28. The van der Waals surface area contributed by atoms with E-state index < -0.39 is 30.5 Å². The second-order valence-electron chi connectivity index (χ2n) is 7.05. The van der Waals surface area contributed by atoms with Crippen LogP contribution in [-0.4, -0.2) is 33.8 Å². The normalized spacial score (nSPS) is 16.5. The predicted molar refractivity (Wildman–Crippen MR) is 95.1 cm³/mol. The number of para-hydroxylation sites is 1. The van der Waals surface area contributed by atoms with Crippen LogP contribution < -0.4 is 0 Å². The Hall–Kier alpha value is -2.34. The number of aromatic amines is 1. The van der Waals surface area contributed by atoms with Crippen molar-refractivity contribution in [3.63, 3.8) is 0 Å². The first-order valence-corrected chi connectivity index (χ1v) is 8.41. The second-order valence-corrected chi connectivity index (χ2v) is 7.05. The molecule has 2 aromatic heterocycles. The van der Waals surface area contributed by atoms with Crippen molar-refractivity contribution in [2.75, 3.05) is 6.67 Å². The van der Waals surface area contributed by atoms with Crippen LogP contribution >= 0.6 is 0 Å². The average molecular weight is 362 g/mol. The molecule has 0 spiro atoms. The van der Waals surface area contributed by atoms with Gasteiger partial charge in [-0.3, -0.25) is 9.37 Å². The Balaban J connectivity index is 1.91. The van der Waals surface area contributed by atoms with E-state index in [1.165, 1.54) is 13.1 Å². The summed E-state index contributed by atoms with van der Waals surface area (Å²) in [5, 5.41) is 11.6. The fraction of sp³-hybridized carbons (Fsp3) is 0.350. The van der Waals surface area contributed by atoms with Crippen LogP contribution in [0, 0.1) is 0 Å². The van der Waals surface area contributed by atoms with Gasteiger partial charge < -0.3 is 10.1 Å². The standard InChI is InChI=1S/C20H21F3N2O/c1-19(13-21,17-8-4-5-9-24-17)12-20(26,18(22)23)11-15-10-14-6-2-3-7-16(14)25-15/h2-10,18,25-26H,11-13H2,1H3. The molecule has 6 heteroatoms. The molecule has 3 rings (SSSR count). The third-order valence-corrected chi connectivity index (χ3v) is 4.76. The van der Waals surface area contributed by atoms with E-state index in [4.69, 9.17) is 0 Å². The third-order valence-electron chi connectivity index (χ3n) is 4.76. The average Bonchev–Trinajstić information content (AvgIpc) is 3.04. The molecule has 0 aliphatic heterocycles. The molecule has 0 aliphatic carbocycles. The molecule has 0 bridgehead atoms. The minimum atomic E-state index is -3.02. The highest BCUT2D eigenvalue weighted by Gasteiger charge is 2.45. The molecule has 3 nitrogen and oxygen atoms in total. The maximum absolute atomic E-state index is 13.8. The van der Waals surface area contributed by atoms with E-state index in [9.17, 15) is 18.3 Å². The first-order valence-electron chi connectivity index (χ1n) is 8.41. The van der Waals surface area contributed by atoms with Crippen molar-refractivity contribution < 1.29 is 18.3 Å². The van der Waals surface area contributed by atoms with Crippen molar-refractivity contribution in [1.29, 1.82) is 0 Å². The quantitative estimate of drug-likeness (QED) is 0.654. The Morgan fingerprint density at radius 3 is 2.50 bits per heavy atom. The maximum Gasteiger partial charge on any atom is 0.267 e. The summed E-state index contributed by atoms with van der Waals surface area (Å²) in [7, 11) is 0. The number of aromatic nitrogens is 2.